The second kappa shape index (κ2) is 16.7. The van der Waals surface area contributed by atoms with E-state index in [4.69, 9.17) is 9.72 Å². The van der Waals surface area contributed by atoms with Gasteiger partial charge in [-0.1, -0.05) is 167 Å². The highest BCUT2D eigenvalue weighted by Crippen LogP contribution is 2.54. The predicted octanol–water partition coefficient (Wildman–Crippen LogP) is 18.5. The maximum absolute atomic E-state index is 6.88. The first-order chi connectivity index (χ1) is 34.8. The van der Waals surface area contributed by atoms with Crippen molar-refractivity contribution in [3.63, 3.8) is 0 Å². The molecule has 1 aliphatic heterocycles. The van der Waals surface area contributed by atoms with Gasteiger partial charge < -0.3 is 14.5 Å². The van der Waals surface area contributed by atoms with Crippen molar-refractivity contribution >= 4 is 44.6 Å². The third-order valence-corrected chi connectivity index (χ3v) is 17.2. The van der Waals surface area contributed by atoms with Crippen LogP contribution in [0.15, 0.2) is 164 Å². The zero-order chi connectivity index (χ0) is 50.8. The normalized spacial score (nSPS) is 17.4. The van der Waals surface area contributed by atoms with Crippen LogP contribution in [0.3, 0.4) is 0 Å². The predicted molar refractivity (Wildman–Crippen MR) is 307 cm³/mol. The minimum atomic E-state index is -0.0126. The molecule has 0 fully saturated rings. The van der Waals surface area contributed by atoms with E-state index >= 15 is 0 Å². The smallest absolute Gasteiger partial charge is 0.137 e. The van der Waals surface area contributed by atoms with Gasteiger partial charge in [-0.2, -0.15) is 0 Å². The molecule has 0 spiro atoms. The molecule has 368 valence electrons. The van der Waals surface area contributed by atoms with Crippen molar-refractivity contribution in [1.82, 2.24) is 9.55 Å². The second-order valence-corrected chi connectivity index (χ2v) is 25.0. The Bertz CT molecular complexity index is 3560. The van der Waals surface area contributed by atoms with Crippen molar-refractivity contribution in [3.8, 4) is 39.6 Å². The summed E-state index contributed by atoms with van der Waals surface area (Å²) in [4.78, 5) is 9.95. The number of pyridine rings is 1. The van der Waals surface area contributed by atoms with Crippen molar-refractivity contribution in [2.45, 2.75) is 129 Å². The van der Waals surface area contributed by atoms with Crippen LogP contribution in [-0.4, -0.2) is 16.2 Å². The molecule has 0 radical (unpaired) electrons. The fourth-order valence-corrected chi connectivity index (χ4v) is 12.6. The summed E-state index contributed by atoms with van der Waals surface area (Å²) in [6.45, 7) is 26.8. The molecule has 73 heavy (non-hydrogen) atoms. The van der Waals surface area contributed by atoms with Gasteiger partial charge in [0.05, 0.1) is 28.1 Å². The van der Waals surface area contributed by atoms with Crippen LogP contribution in [0.2, 0.25) is 0 Å². The molecule has 0 saturated heterocycles. The van der Waals surface area contributed by atoms with Crippen LogP contribution < -0.4 is 14.5 Å². The average molecular weight is 959 g/mol. The molecule has 0 bridgehead atoms. The van der Waals surface area contributed by atoms with Crippen LogP contribution >= 0.6 is 0 Å². The van der Waals surface area contributed by atoms with E-state index < -0.39 is 0 Å². The number of hydrogen-bond donors (Lipinski definition) is 0. The minimum absolute atomic E-state index is 0.0126. The van der Waals surface area contributed by atoms with Gasteiger partial charge in [0.25, 0.3) is 0 Å². The topological polar surface area (TPSA) is 33.5 Å². The Hall–Kier alpha value is -7.11. The first-order valence-electron chi connectivity index (χ1n) is 26.6. The van der Waals surface area contributed by atoms with E-state index in [2.05, 4.69) is 248 Å². The molecular weight excluding hydrogens is 889 g/mol. The first-order valence-corrected chi connectivity index (χ1v) is 26.6. The molecule has 9 aromatic rings. The van der Waals surface area contributed by atoms with Gasteiger partial charge in [0, 0.05) is 45.9 Å². The van der Waals surface area contributed by atoms with Crippen LogP contribution in [0.5, 0.6) is 11.5 Å². The molecule has 7 aromatic carbocycles. The Balaban J connectivity index is 0.962. The van der Waals surface area contributed by atoms with Gasteiger partial charge in [0.1, 0.15) is 24.0 Å². The molecule has 12 rings (SSSR count). The first kappa shape index (κ1) is 46.9. The van der Waals surface area contributed by atoms with Gasteiger partial charge in [0.15, 0.2) is 0 Å². The summed E-state index contributed by atoms with van der Waals surface area (Å²) in [5.74, 6) is 2.46. The number of benzene rings is 7. The maximum atomic E-state index is 6.88. The molecule has 5 nitrogen and oxygen atoms in total. The van der Waals surface area contributed by atoms with Crippen LogP contribution in [-0.2, 0) is 27.1 Å². The Morgan fingerprint density at radius 3 is 1.64 bits per heavy atom. The van der Waals surface area contributed by atoms with E-state index in [9.17, 15) is 0 Å². The molecule has 0 amide bonds. The standard InChI is InChI=1S/C68H70N4O/c1-64(2,3)46-32-37-69-62(40-46)72-58-23-13-12-20-52(58)53-29-28-49(42-61(53)72)73-48-19-16-18-47(41-48)70-43-71(60-25-15-14-24-59(60)70)63-50(44-26-30-54-56(38-44)67(8,9)35-33-65(54,4)5)21-17-22-51(63)45-27-31-55-57(39-45)68(10,11)36-34-66(55,6)7/h12-32,37-42H,33-36,43H2,1-11H3. The second-order valence-electron chi connectivity index (χ2n) is 25.0. The maximum Gasteiger partial charge on any atom is 0.137 e. The summed E-state index contributed by atoms with van der Waals surface area (Å²) in [7, 11) is 0. The van der Waals surface area contributed by atoms with Gasteiger partial charge in [-0.3, -0.25) is 4.57 Å². The summed E-state index contributed by atoms with van der Waals surface area (Å²) in [6.07, 6.45) is 6.66. The molecule has 0 saturated carbocycles. The molecule has 2 aromatic heterocycles. The molecule has 5 heteroatoms. The van der Waals surface area contributed by atoms with Gasteiger partial charge in [-0.05, 0) is 146 Å². The van der Waals surface area contributed by atoms with Crippen molar-refractivity contribution in [3.05, 3.63) is 192 Å². The number of hydrogen-bond acceptors (Lipinski definition) is 4. The largest absolute Gasteiger partial charge is 0.457 e. The number of nitrogens with zero attached hydrogens (tertiary/aromatic N) is 4. The van der Waals surface area contributed by atoms with E-state index in [1.54, 1.807) is 0 Å². The fraction of sp³-hybridized carbons (Fsp3) is 0.309. The van der Waals surface area contributed by atoms with Crippen LogP contribution in [0, 0.1) is 0 Å². The summed E-state index contributed by atoms with van der Waals surface area (Å²) in [5.41, 5.74) is 19.4. The number of para-hydroxylation sites is 4. The molecule has 2 aliphatic carbocycles. The van der Waals surface area contributed by atoms with Crippen molar-refractivity contribution in [2.24, 2.45) is 0 Å². The number of aromatic nitrogens is 2. The molecule has 3 aliphatic rings. The van der Waals surface area contributed by atoms with Crippen molar-refractivity contribution < 1.29 is 4.74 Å². The Morgan fingerprint density at radius 2 is 1.01 bits per heavy atom. The summed E-state index contributed by atoms with van der Waals surface area (Å²) in [5, 5.41) is 2.36. The highest BCUT2D eigenvalue weighted by atomic mass is 16.5. The zero-order valence-corrected chi connectivity index (χ0v) is 44.8. The summed E-state index contributed by atoms with van der Waals surface area (Å²) < 4.78 is 9.16. The molecule has 3 heterocycles. The number of ether oxygens (including phenoxy) is 1. The van der Waals surface area contributed by atoms with Crippen molar-refractivity contribution in [1.29, 1.82) is 0 Å². The van der Waals surface area contributed by atoms with Gasteiger partial charge in [0.2, 0.25) is 0 Å². The van der Waals surface area contributed by atoms with E-state index in [0.717, 1.165) is 39.7 Å². The lowest BCUT2D eigenvalue weighted by atomic mass is 9.62. The summed E-state index contributed by atoms with van der Waals surface area (Å²) >= 11 is 0. The van der Waals surface area contributed by atoms with E-state index in [1.807, 2.05) is 6.20 Å². The number of rotatable bonds is 7. The monoisotopic (exact) mass is 959 g/mol. The third-order valence-electron chi connectivity index (χ3n) is 17.2. The molecule has 0 atom stereocenters. The van der Waals surface area contributed by atoms with Crippen molar-refractivity contribution in [2.75, 3.05) is 16.5 Å². The van der Waals surface area contributed by atoms with E-state index in [0.29, 0.717) is 6.67 Å². The van der Waals surface area contributed by atoms with E-state index in [1.165, 1.54) is 97.9 Å². The average Bonchev–Trinajstić information content (AvgIpc) is 3.92. The van der Waals surface area contributed by atoms with E-state index in [-0.39, 0.29) is 27.1 Å². The SMILES string of the molecule is CC(C)(C)c1ccnc(-n2c3ccccc3c3ccc(Oc4cccc(N5CN(c6c(-c7ccc8c(c7)C(C)(C)CCC8(C)C)cccc6-c6ccc7c(c6)C(C)(C)CCC7(C)C)c6ccccc65)c4)cc32)c1. The molecule has 0 unspecified atom stereocenters. The zero-order valence-electron chi connectivity index (χ0n) is 44.8. The van der Waals surface area contributed by atoms with Gasteiger partial charge in [-0.25, -0.2) is 4.98 Å². The lowest BCUT2D eigenvalue weighted by molar-refractivity contribution is 0.332. The highest BCUT2D eigenvalue weighted by molar-refractivity contribution is 6.09. The Morgan fingerprint density at radius 1 is 0.466 bits per heavy atom. The fourth-order valence-electron chi connectivity index (χ4n) is 12.6. The molecular formula is C68H70N4O. The summed E-state index contributed by atoms with van der Waals surface area (Å²) in [6, 6.07) is 58.7. The Kier molecular flexibility index (Phi) is 10.7. The van der Waals surface area contributed by atoms with Crippen LogP contribution in [0.4, 0.5) is 22.7 Å². The third kappa shape index (κ3) is 7.93. The van der Waals surface area contributed by atoms with Gasteiger partial charge in [-0.15, -0.1) is 0 Å². The Labute approximate surface area is 433 Å². The number of fused-ring (bicyclic) bond motifs is 6. The lowest BCUT2D eigenvalue weighted by Gasteiger charge is -2.42. The van der Waals surface area contributed by atoms with Crippen LogP contribution in [0.1, 0.15) is 130 Å². The molecule has 0 N–H and O–H groups in total. The lowest BCUT2D eigenvalue weighted by Crippen LogP contribution is -2.33. The quantitative estimate of drug-likeness (QED) is 0.159. The number of anilines is 4. The highest BCUT2D eigenvalue weighted by Gasteiger charge is 2.40. The van der Waals surface area contributed by atoms with Gasteiger partial charge >= 0.3 is 0 Å². The van der Waals surface area contributed by atoms with Crippen LogP contribution in [0.25, 0.3) is 49.9 Å². The minimum Gasteiger partial charge on any atom is -0.457 e.